The first-order valence-electron chi connectivity index (χ1n) is 8.30. The number of amides is 1. The lowest BCUT2D eigenvalue weighted by atomic mass is 9.97. The highest BCUT2D eigenvalue weighted by Gasteiger charge is 2.29. The number of likely N-dealkylation sites (tertiary alicyclic amines) is 1. The van der Waals surface area contributed by atoms with Crippen LogP contribution in [-0.2, 0) is 16.1 Å². The zero-order chi connectivity index (χ0) is 17.6. The van der Waals surface area contributed by atoms with Crippen LogP contribution >= 0.6 is 11.3 Å². The molecule has 0 aliphatic carbocycles. The van der Waals surface area contributed by atoms with Gasteiger partial charge in [0.25, 0.3) is 5.91 Å². The van der Waals surface area contributed by atoms with E-state index in [1.165, 1.54) is 11.3 Å². The van der Waals surface area contributed by atoms with E-state index in [1.54, 1.807) is 7.11 Å². The summed E-state index contributed by atoms with van der Waals surface area (Å²) in [6.07, 6.45) is 1.28. The van der Waals surface area contributed by atoms with Gasteiger partial charge in [0.05, 0.1) is 17.9 Å². The van der Waals surface area contributed by atoms with Gasteiger partial charge in [-0.05, 0) is 30.4 Å². The topological polar surface area (TPSA) is 55.8 Å². The molecule has 0 unspecified atom stereocenters. The molecule has 0 saturated carbocycles. The maximum atomic E-state index is 12.3. The number of hydrogen-bond donors (Lipinski definition) is 0. The Kier molecular flexibility index (Phi) is 5.71. The van der Waals surface area contributed by atoms with Crippen LogP contribution in [0.5, 0.6) is 5.75 Å². The van der Waals surface area contributed by atoms with Crippen LogP contribution in [0.4, 0.5) is 0 Å². The average molecular weight is 359 g/mol. The smallest absolute Gasteiger partial charge is 0.309 e. The van der Waals surface area contributed by atoms with E-state index in [0.29, 0.717) is 31.7 Å². The second-order valence-electron chi connectivity index (χ2n) is 5.96. The van der Waals surface area contributed by atoms with E-state index in [-0.39, 0.29) is 24.4 Å². The molecule has 25 heavy (non-hydrogen) atoms. The van der Waals surface area contributed by atoms with Gasteiger partial charge in [-0.1, -0.05) is 24.3 Å². The van der Waals surface area contributed by atoms with Crippen molar-refractivity contribution in [2.75, 3.05) is 20.2 Å². The molecule has 1 aliphatic rings. The molecule has 1 aromatic heterocycles. The van der Waals surface area contributed by atoms with Gasteiger partial charge >= 0.3 is 5.97 Å². The number of nitrogens with zero attached hydrogens (tertiary/aromatic N) is 1. The molecular formula is C19H21NO4S. The Morgan fingerprint density at radius 1 is 1.16 bits per heavy atom. The molecule has 1 aliphatic heterocycles. The molecule has 5 nitrogen and oxygen atoms in total. The minimum Gasteiger partial charge on any atom is -0.496 e. The van der Waals surface area contributed by atoms with Crippen molar-refractivity contribution in [1.82, 2.24) is 4.90 Å². The minimum atomic E-state index is -0.200. The number of rotatable bonds is 5. The van der Waals surface area contributed by atoms with Crippen molar-refractivity contribution in [3.63, 3.8) is 0 Å². The highest BCUT2D eigenvalue weighted by atomic mass is 32.1. The third-order valence-electron chi connectivity index (χ3n) is 4.41. The van der Waals surface area contributed by atoms with Crippen molar-refractivity contribution in [1.29, 1.82) is 0 Å². The summed E-state index contributed by atoms with van der Waals surface area (Å²) in [5, 5.41) is 1.90. The standard InChI is InChI=1S/C19H21NO4S/c1-23-16-6-3-2-5-15(16)13-24-19(22)14-8-10-20(11-9-14)18(21)17-7-4-12-25-17/h2-7,12,14H,8-11,13H2,1H3. The zero-order valence-electron chi connectivity index (χ0n) is 14.1. The van der Waals surface area contributed by atoms with Gasteiger partial charge in [-0.3, -0.25) is 9.59 Å². The fraction of sp³-hybridized carbons (Fsp3) is 0.368. The van der Waals surface area contributed by atoms with Crippen LogP contribution < -0.4 is 4.74 Å². The minimum absolute atomic E-state index is 0.0517. The van der Waals surface area contributed by atoms with E-state index in [9.17, 15) is 9.59 Å². The second-order valence-corrected chi connectivity index (χ2v) is 6.91. The molecule has 1 amide bonds. The van der Waals surface area contributed by atoms with Crippen LogP contribution in [0.3, 0.4) is 0 Å². The summed E-state index contributed by atoms with van der Waals surface area (Å²) in [5.74, 6) is 0.415. The van der Waals surface area contributed by atoms with Crippen LogP contribution in [-0.4, -0.2) is 37.0 Å². The lowest BCUT2D eigenvalue weighted by molar-refractivity contribution is -0.151. The molecule has 0 radical (unpaired) electrons. The van der Waals surface area contributed by atoms with E-state index in [2.05, 4.69) is 0 Å². The molecule has 2 aromatic rings. The Balaban J connectivity index is 1.49. The summed E-state index contributed by atoms with van der Waals surface area (Å²) in [4.78, 5) is 27.2. The summed E-state index contributed by atoms with van der Waals surface area (Å²) < 4.78 is 10.7. The fourth-order valence-electron chi connectivity index (χ4n) is 2.96. The van der Waals surface area contributed by atoms with E-state index < -0.39 is 0 Å². The Labute approximate surface area is 151 Å². The Bertz CT molecular complexity index is 721. The van der Waals surface area contributed by atoms with E-state index >= 15 is 0 Å². The van der Waals surface area contributed by atoms with Crippen molar-refractivity contribution in [2.45, 2.75) is 19.4 Å². The lowest BCUT2D eigenvalue weighted by Gasteiger charge is -2.30. The van der Waals surface area contributed by atoms with Crippen LogP contribution in [0.2, 0.25) is 0 Å². The van der Waals surface area contributed by atoms with Gasteiger partial charge in [0.1, 0.15) is 12.4 Å². The molecule has 6 heteroatoms. The number of carbonyl (C=O) groups is 2. The number of ether oxygens (including phenoxy) is 2. The zero-order valence-corrected chi connectivity index (χ0v) is 15.0. The van der Waals surface area contributed by atoms with Crippen molar-refractivity contribution in [3.05, 3.63) is 52.2 Å². The molecule has 3 rings (SSSR count). The largest absolute Gasteiger partial charge is 0.496 e. The molecule has 2 heterocycles. The molecule has 0 N–H and O–H groups in total. The van der Waals surface area contributed by atoms with Crippen LogP contribution in [0, 0.1) is 5.92 Å². The Hall–Kier alpha value is -2.34. The highest BCUT2D eigenvalue weighted by Crippen LogP contribution is 2.23. The number of carbonyl (C=O) groups excluding carboxylic acids is 2. The Morgan fingerprint density at radius 3 is 2.60 bits per heavy atom. The SMILES string of the molecule is COc1ccccc1COC(=O)C1CCN(C(=O)c2cccs2)CC1. The number of thiophene rings is 1. The first kappa shape index (κ1) is 17.5. The van der Waals surface area contributed by atoms with Crippen molar-refractivity contribution >= 4 is 23.2 Å². The quantitative estimate of drug-likeness (QED) is 0.768. The highest BCUT2D eigenvalue weighted by molar-refractivity contribution is 7.12. The summed E-state index contributed by atoms with van der Waals surface area (Å²) in [5.41, 5.74) is 0.851. The van der Waals surface area contributed by atoms with Gasteiger partial charge in [-0.15, -0.1) is 11.3 Å². The predicted molar refractivity (Wildman–Crippen MR) is 95.7 cm³/mol. The van der Waals surface area contributed by atoms with Crippen molar-refractivity contribution < 1.29 is 19.1 Å². The van der Waals surface area contributed by atoms with E-state index in [4.69, 9.17) is 9.47 Å². The molecule has 1 fully saturated rings. The van der Waals surface area contributed by atoms with Crippen molar-refractivity contribution in [2.24, 2.45) is 5.92 Å². The van der Waals surface area contributed by atoms with Gasteiger partial charge in [0.2, 0.25) is 0 Å². The molecule has 0 spiro atoms. The maximum absolute atomic E-state index is 12.3. The first-order valence-corrected chi connectivity index (χ1v) is 9.18. The fourth-order valence-corrected chi connectivity index (χ4v) is 3.65. The summed E-state index contributed by atoms with van der Waals surface area (Å²) in [6, 6.07) is 11.2. The summed E-state index contributed by atoms with van der Waals surface area (Å²) >= 11 is 1.45. The number of para-hydroxylation sites is 1. The van der Waals surface area contributed by atoms with Gasteiger partial charge in [-0.25, -0.2) is 0 Å². The number of piperidine rings is 1. The lowest BCUT2D eigenvalue weighted by Crippen LogP contribution is -2.40. The van der Waals surface area contributed by atoms with E-state index in [0.717, 1.165) is 10.4 Å². The third kappa shape index (κ3) is 4.20. The molecule has 0 atom stereocenters. The third-order valence-corrected chi connectivity index (χ3v) is 5.27. The predicted octanol–water partition coefficient (Wildman–Crippen LogP) is 3.35. The van der Waals surface area contributed by atoms with Crippen LogP contribution in [0.1, 0.15) is 28.1 Å². The van der Waals surface area contributed by atoms with Gasteiger partial charge in [0, 0.05) is 18.7 Å². The Morgan fingerprint density at radius 2 is 1.92 bits per heavy atom. The monoisotopic (exact) mass is 359 g/mol. The van der Waals surface area contributed by atoms with Crippen molar-refractivity contribution in [3.8, 4) is 5.75 Å². The van der Waals surface area contributed by atoms with Crippen LogP contribution in [0.15, 0.2) is 41.8 Å². The molecule has 1 saturated heterocycles. The second kappa shape index (κ2) is 8.16. The number of benzene rings is 1. The normalized spacial score (nSPS) is 15.0. The van der Waals surface area contributed by atoms with Gasteiger partial charge in [-0.2, -0.15) is 0 Å². The maximum Gasteiger partial charge on any atom is 0.309 e. The van der Waals surface area contributed by atoms with Gasteiger partial charge < -0.3 is 14.4 Å². The number of methoxy groups -OCH3 is 1. The number of esters is 1. The molecular weight excluding hydrogens is 338 g/mol. The first-order chi connectivity index (χ1) is 12.2. The summed E-state index contributed by atoms with van der Waals surface area (Å²) in [7, 11) is 1.60. The van der Waals surface area contributed by atoms with Crippen LogP contribution in [0.25, 0.3) is 0 Å². The summed E-state index contributed by atoms with van der Waals surface area (Å²) in [6.45, 7) is 1.38. The number of hydrogen-bond acceptors (Lipinski definition) is 5. The molecule has 0 bridgehead atoms. The average Bonchev–Trinajstić information content (AvgIpc) is 3.20. The van der Waals surface area contributed by atoms with E-state index in [1.807, 2.05) is 46.7 Å². The molecule has 1 aromatic carbocycles. The van der Waals surface area contributed by atoms with Gasteiger partial charge in [0.15, 0.2) is 0 Å². The molecule has 132 valence electrons.